The molecule has 0 aromatic carbocycles. The number of allylic oxidation sites excluding steroid dienone is 1. The fraction of sp³-hybridized carbons (Fsp3) is 0.429. The van der Waals surface area contributed by atoms with Crippen molar-refractivity contribution in [1.29, 1.82) is 5.26 Å². The number of hydrogen-bond acceptors (Lipinski definition) is 3. The third-order valence-corrected chi connectivity index (χ3v) is 0.840. The van der Waals surface area contributed by atoms with Crippen LogP contribution in [-0.4, -0.2) is 5.97 Å². The second-order valence-corrected chi connectivity index (χ2v) is 2.22. The Labute approximate surface area is 59.6 Å². The first-order valence-electron chi connectivity index (χ1n) is 2.91. The SMILES string of the molecule is CC(C)C=C(C#N)C(=O)[O-]. The van der Waals surface area contributed by atoms with E-state index in [1.165, 1.54) is 12.1 Å². The Morgan fingerprint density at radius 3 is 2.30 bits per heavy atom. The van der Waals surface area contributed by atoms with E-state index in [1.54, 1.807) is 13.8 Å². The van der Waals surface area contributed by atoms with Gasteiger partial charge in [-0.2, -0.15) is 5.26 Å². The molecule has 0 aromatic heterocycles. The topological polar surface area (TPSA) is 63.9 Å². The first kappa shape index (κ1) is 8.70. The molecule has 0 aliphatic carbocycles. The van der Waals surface area contributed by atoms with E-state index in [-0.39, 0.29) is 11.5 Å². The third kappa shape index (κ3) is 2.88. The van der Waals surface area contributed by atoms with Crippen LogP contribution in [0.3, 0.4) is 0 Å². The van der Waals surface area contributed by atoms with Gasteiger partial charge in [0.25, 0.3) is 0 Å². The number of carbonyl (C=O) groups excluding carboxylic acids is 1. The molecule has 0 saturated heterocycles. The van der Waals surface area contributed by atoms with Gasteiger partial charge in [-0.15, -0.1) is 0 Å². The average Bonchev–Trinajstić information content (AvgIpc) is 1.81. The summed E-state index contributed by atoms with van der Waals surface area (Å²) in [5, 5.41) is 18.3. The van der Waals surface area contributed by atoms with Gasteiger partial charge in [-0.25, -0.2) is 0 Å². The van der Waals surface area contributed by atoms with Crippen LogP contribution in [0.2, 0.25) is 0 Å². The molecule has 3 nitrogen and oxygen atoms in total. The fourth-order valence-corrected chi connectivity index (χ4v) is 0.484. The van der Waals surface area contributed by atoms with Crippen LogP contribution in [0.4, 0.5) is 0 Å². The van der Waals surface area contributed by atoms with Crippen LogP contribution in [0, 0.1) is 17.2 Å². The molecule has 0 aliphatic rings. The maximum absolute atomic E-state index is 10.1. The number of carboxylic acids is 1. The van der Waals surface area contributed by atoms with Crippen molar-refractivity contribution < 1.29 is 9.90 Å². The molecule has 0 aromatic rings. The highest BCUT2D eigenvalue weighted by Gasteiger charge is 1.96. The van der Waals surface area contributed by atoms with E-state index < -0.39 is 5.97 Å². The van der Waals surface area contributed by atoms with Gasteiger partial charge in [-0.1, -0.05) is 19.9 Å². The molecule has 0 bridgehead atoms. The smallest absolute Gasteiger partial charge is 0.101 e. The highest BCUT2D eigenvalue weighted by atomic mass is 16.4. The fourth-order valence-electron chi connectivity index (χ4n) is 0.484. The first-order valence-corrected chi connectivity index (χ1v) is 2.91. The summed E-state index contributed by atoms with van der Waals surface area (Å²) in [7, 11) is 0. The first-order chi connectivity index (χ1) is 4.57. The Bertz CT molecular complexity index is 198. The van der Waals surface area contributed by atoms with Gasteiger partial charge in [0, 0.05) is 0 Å². The summed E-state index contributed by atoms with van der Waals surface area (Å²) in [6.45, 7) is 3.58. The Morgan fingerprint density at radius 1 is 1.70 bits per heavy atom. The van der Waals surface area contributed by atoms with Crippen molar-refractivity contribution in [3.8, 4) is 6.07 Å². The Balaban J connectivity index is 4.39. The minimum atomic E-state index is -1.41. The molecule has 3 heteroatoms. The highest BCUT2D eigenvalue weighted by Crippen LogP contribution is 1.99. The van der Waals surface area contributed by atoms with Crippen LogP contribution in [0.15, 0.2) is 11.6 Å². The maximum atomic E-state index is 10.1. The van der Waals surface area contributed by atoms with Crippen molar-refractivity contribution in [2.75, 3.05) is 0 Å². The molecule has 0 spiro atoms. The predicted octanol–water partition coefficient (Wildman–Crippen LogP) is -0.158. The van der Waals surface area contributed by atoms with Crippen molar-refractivity contribution in [2.45, 2.75) is 13.8 Å². The van der Waals surface area contributed by atoms with Gasteiger partial charge >= 0.3 is 0 Å². The number of rotatable bonds is 2. The number of nitriles is 1. The van der Waals surface area contributed by atoms with E-state index in [2.05, 4.69) is 0 Å². The summed E-state index contributed by atoms with van der Waals surface area (Å²) in [5.74, 6) is -1.34. The molecule has 0 N–H and O–H groups in total. The second kappa shape index (κ2) is 3.67. The van der Waals surface area contributed by atoms with Crippen molar-refractivity contribution >= 4 is 5.97 Å². The highest BCUT2D eigenvalue weighted by molar-refractivity contribution is 5.89. The van der Waals surface area contributed by atoms with Crippen molar-refractivity contribution in [2.24, 2.45) is 5.92 Å². The van der Waals surface area contributed by atoms with Gasteiger partial charge in [-0.3, -0.25) is 0 Å². The quantitative estimate of drug-likeness (QED) is 0.393. The molecule has 10 heavy (non-hydrogen) atoms. The van der Waals surface area contributed by atoms with Gasteiger partial charge in [-0.05, 0) is 5.92 Å². The van der Waals surface area contributed by atoms with E-state index in [4.69, 9.17) is 5.26 Å². The minimum absolute atomic E-state index is 0.0625. The lowest BCUT2D eigenvalue weighted by Gasteiger charge is -1.99. The molecule has 0 aliphatic heterocycles. The largest absolute Gasteiger partial charge is 0.544 e. The molecule has 0 saturated carbocycles. The zero-order valence-electron chi connectivity index (χ0n) is 5.92. The summed E-state index contributed by atoms with van der Waals surface area (Å²) >= 11 is 0. The lowest BCUT2D eigenvalue weighted by atomic mass is 10.1. The van der Waals surface area contributed by atoms with E-state index in [9.17, 15) is 9.90 Å². The lowest BCUT2D eigenvalue weighted by Crippen LogP contribution is -2.24. The molecule has 0 radical (unpaired) electrons. The number of hydrogen-bond donors (Lipinski definition) is 0. The minimum Gasteiger partial charge on any atom is -0.544 e. The summed E-state index contributed by atoms with van der Waals surface area (Å²) in [6.07, 6.45) is 1.36. The molecular weight excluding hydrogens is 130 g/mol. The molecular formula is C7H8NO2-. The van der Waals surface area contributed by atoms with Crippen LogP contribution in [0.25, 0.3) is 0 Å². The maximum Gasteiger partial charge on any atom is 0.101 e. The molecule has 0 rings (SSSR count). The van der Waals surface area contributed by atoms with Gasteiger partial charge < -0.3 is 9.90 Å². The standard InChI is InChI=1S/C7H9NO2/c1-5(2)3-6(4-8)7(9)10/h3,5H,1-2H3,(H,9,10)/p-1. The number of nitrogens with zero attached hydrogens (tertiary/aromatic N) is 1. The average molecular weight is 138 g/mol. The summed E-state index contributed by atoms with van der Waals surface area (Å²) in [6, 6.07) is 1.53. The Morgan fingerprint density at radius 2 is 2.20 bits per heavy atom. The predicted molar refractivity (Wildman–Crippen MR) is 33.5 cm³/mol. The molecule has 0 unspecified atom stereocenters. The molecule has 0 amide bonds. The van der Waals surface area contributed by atoms with Crippen LogP contribution < -0.4 is 5.11 Å². The molecule has 0 fully saturated rings. The van der Waals surface area contributed by atoms with Gasteiger partial charge in [0.1, 0.15) is 6.07 Å². The van der Waals surface area contributed by atoms with Gasteiger partial charge in [0.05, 0.1) is 11.5 Å². The normalized spacial score (nSPS) is 11.2. The van der Waals surface area contributed by atoms with E-state index >= 15 is 0 Å². The van der Waals surface area contributed by atoms with Crippen molar-refractivity contribution in [3.05, 3.63) is 11.6 Å². The monoisotopic (exact) mass is 138 g/mol. The van der Waals surface area contributed by atoms with Crippen molar-refractivity contribution in [1.82, 2.24) is 0 Å². The zero-order chi connectivity index (χ0) is 8.15. The van der Waals surface area contributed by atoms with Gasteiger partial charge in [0.15, 0.2) is 0 Å². The number of aliphatic carboxylic acids is 1. The summed E-state index contributed by atoms with van der Waals surface area (Å²) < 4.78 is 0. The van der Waals surface area contributed by atoms with Crippen LogP contribution in [0.1, 0.15) is 13.8 Å². The van der Waals surface area contributed by atoms with Gasteiger partial charge in [0.2, 0.25) is 0 Å². The number of carbonyl (C=O) groups is 1. The number of carboxylic acid groups (broad SMARTS) is 1. The Kier molecular flexibility index (Phi) is 3.20. The van der Waals surface area contributed by atoms with E-state index in [0.29, 0.717) is 0 Å². The molecule has 0 atom stereocenters. The third-order valence-electron chi connectivity index (χ3n) is 0.840. The van der Waals surface area contributed by atoms with Crippen molar-refractivity contribution in [3.63, 3.8) is 0 Å². The Hall–Kier alpha value is -1.30. The van der Waals surface area contributed by atoms with E-state index in [1.807, 2.05) is 0 Å². The summed E-state index contributed by atoms with van der Waals surface area (Å²) in [5.41, 5.74) is -0.296. The van der Waals surface area contributed by atoms with Crippen LogP contribution in [0.5, 0.6) is 0 Å². The summed E-state index contributed by atoms with van der Waals surface area (Å²) in [4.78, 5) is 10.1. The lowest BCUT2D eigenvalue weighted by molar-refractivity contribution is -0.298. The van der Waals surface area contributed by atoms with Crippen LogP contribution in [-0.2, 0) is 4.79 Å². The zero-order valence-corrected chi connectivity index (χ0v) is 5.92. The molecule has 54 valence electrons. The van der Waals surface area contributed by atoms with E-state index in [0.717, 1.165) is 0 Å². The molecule has 0 heterocycles. The second-order valence-electron chi connectivity index (χ2n) is 2.22. The van der Waals surface area contributed by atoms with Crippen LogP contribution >= 0.6 is 0 Å².